The number of ether oxygens (including phenoxy) is 2. The van der Waals surface area contributed by atoms with Crippen LogP contribution in [0.3, 0.4) is 0 Å². The number of thioether (sulfide) groups is 1. The van der Waals surface area contributed by atoms with Crippen molar-refractivity contribution in [2.75, 3.05) is 12.9 Å². The van der Waals surface area contributed by atoms with Crippen LogP contribution in [0.15, 0.2) is 30.3 Å². The number of esters is 1. The Labute approximate surface area is 146 Å². The molecule has 0 aromatic heterocycles. The topological polar surface area (TPSA) is 84.9 Å². The summed E-state index contributed by atoms with van der Waals surface area (Å²) in [5, 5.41) is 13.2. The smallest absolute Gasteiger partial charge is 0.409 e. The van der Waals surface area contributed by atoms with Gasteiger partial charge in [-0.2, -0.15) is 0 Å². The Morgan fingerprint density at radius 1 is 1.25 bits per heavy atom. The summed E-state index contributed by atoms with van der Waals surface area (Å²) in [4.78, 5) is 23.0. The van der Waals surface area contributed by atoms with Crippen molar-refractivity contribution >= 4 is 23.8 Å². The van der Waals surface area contributed by atoms with Crippen LogP contribution < -0.4 is 5.32 Å². The zero-order valence-electron chi connectivity index (χ0n) is 14.7. The Morgan fingerprint density at radius 2 is 1.83 bits per heavy atom. The van der Waals surface area contributed by atoms with E-state index in [4.69, 9.17) is 9.47 Å². The molecule has 0 spiro atoms. The van der Waals surface area contributed by atoms with Gasteiger partial charge < -0.3 is 14.6 Å². The normalized spacial score (nSPS) is 15.1. The molecule has 6 nitrogen and oxygen atoms in total. The molecule has 0 fully saturated rings. The van der Waals surface area contributed by atoms with E-state index < -0.39 is 28.6 Å². The van der Waals surface area contributed by atoms with Crippen molar-refractivity contribution in [2.45, 2.75) is 44.3 Å². The molecule has 0 bridgehead atoms. The van der Waals surface area contributed by atoms with E-state index in [0.717, 1.165) is 11.8 Å². The molecule has 0 aliphatic carbocycles. The van der Waals surface area contributed by atoms with E-state index in [1.54, 1.807) is 64.3 Å². The molecule has 0 radical (unpaired) electrons. The fourth-order valence-corrected chi connectivity index (χ4v) is 2.98. The Hall–Kier alpha value is -1.73. The Bertz CT molecular complexity index is 558. The average Bonchev–Trinajstić information content (AvgIpc) is 2.51. The first kappa shape index (κ1) is 20.3. The van der Waals surface area contributed by atoms with Crippen molar-refractivity contribution in [2.24, 2.45) is 0 Å². The van der Waals surface area contributed by atoms with Crippen LogP contribution in [-0.4, -0.2) is 41.7 Å². The van der Waals surface area contributed by atoms with E-state index in [-0.39, 0.29) is 6.61 Å². The highest BCUT2D eigenvalue weighted by Crippen LogP contribution is 2.36. The van der Waals surface area contributed by atoms with E-state index >= 15 is 0 Å². The SMILES string of the molecule is CCOC(=O)[C@@H](O)[C@](NC(=O)OC(C)(C)C)(SC)c1ccccc1. The minimum absolute atomic E-state index is 0.127. The number of aliphatic hydroxyl groups is 1. The minimum Gasteiger partial charge on any atom is -0.464 e. The number of hydrogen-bond acceptors (Lipinski definition) is 6. The molecule has 0 aliphatic heterocycles. The van der Waals surface area contributed by atoms with Crippen LogP contribution in [0.5, 0.6) is 0 Å². The second kappa shape index (κ2) is 8.39. The first-order chi connectivity index (χ1) is 11.2. The van der Waals surface area contributed by atoms with Crippen molar-refractivity contribution in [3.05, 3.63) is 35.9 Å². The maximum atomic E-state index is 12.3. The Balaban J connectivity index is 3.24. The molecular weight excluding hydrogens is 330 g/mol. The summed E-state index contributed by atoms with van der Waals surface area (Å²) < 4.78 is 10.2. The highest BCUT2D eigenvalue weighted by molar-refractivity contribution is 7.99. The molecule has 1 aromatic carbocycles. The molecule has 134 valence electrons. The maximum Gasteiger partial charge on any atom is 0.409 e. The van der Waals surface area contributed by atoms with Gasteiger partial charge in [-0.15, -0.1) is 11.8 Å². The summed E-state index contributed by atoms with van der Waals surface area (Å²) in [6.45, 7) is 6.98. The quantitative estimate of drug-likeness (QED) is 0.603. The van der Waals surface area contributed by atoms with E-state index in [0.29, 0.717) is 5.56 Å². The minimum atomic E-state index is -1.60. The first-order valence-corrected chi connectivity index (χ1v) is 8.85. The van der Waals surface area contributed by atoms with E-state index in [1.807, 2.05) is 0 Å². The van der Waals surface area contributed by atoms with Gasteiger partial charge in [-0.25, -0.2) is 9.59 Å². The molecule has 2 atom stereocenters. The summed E-state index contributed by atoms with van der Waals surface area (Å²) in [6, 6.07) is 8.76. The molecule has 1 aromatic rings. The molecule has 0 heterocycles. The molecule has 0 saturated carbocycles. The van der Waals surface area contributed by atoms with Gasteiger partial charge in [-0.1, -0.05) is 30.3 Å². The van der Waals surface area contributed by atoms with Crippen molar-refractivity contribution in [3.63, 3.8) is 0 Å². The first-order valence-electron chi connectivity index (χ1n) is 7.63. The van der Waals surface area contributed by atoms with Crippen molar-refractivity contribution in [3.8, 4) is 0 Å². The molecule has 1 amide bonds. The summed E-state index contributed by atoms with van der Waals surface area (Å²) in [5.74, 6) is -0.813. The van der Waals surface area contributed by atoms with Crippen LogP contribution in [0.4, 0.5) is 4.79 Å². The number of nitrogens with one attached hydrogen (secondary N) is 1. The number of hydrogen-bond donors (Lipinski definition) is 2. The summed E-state index contributed by atoms with van der Waals surface area (Å²) in [6.07, 6.45) is -0.640. The molecule has 0 unspecified atom stereocenters. The highest BCUT2D eigenvalue weighted by atomic mass is 32.2. The zero-order chi connectivity index (χ0) is 18.4. The van der Waals surface area contributed by atoms with E-state index in [2.05, 4.69) is 5.32 Å². The van der Waals surface area contributed by atoms with Gasteiger partial charge in [0.1, 0.15) is 5.60 Å². The number of carbonyl (C=O) groups excluding carboxylic acids is 2. The van der Waals surface area contributed by atoms with Crippen molar-refractivity contribution in [1.29, 1.82) is 0 Å². The lowest BCUT2D eigenvalue weighted by molar-refractivity contribution is -0.155. The van der Waals surface area contributed by atoms with Crippen LogP contribution in [0.2, 0.25) is 0 Å². The number of amides is 1. The molecule has 2 N–H and O–H groups in total. The van der Waals surface area contributed by atoms with E-state index in [1.165, 1.54) is 0 Å². The van der Waals surface area contributed by atoms with Gasteiger partial charge in [0.05, 0.1) is 6.61 Å². The molecular formula is C17H25NO5S. The Morgan fingerprint density at radius 3 is 2.29 bits per heavy atom. The monoisotopic (exact) mass is 355 g/mol. The van der Waals surface area contributed by atoms with Gasteiger partial charge in [-0.05, 0) is 39.5 Å². The summed E-state index contributed by atoms with van der Waals surface area (Å²) in [5.41, 5.74) is -0.149. The maximum absolute atomic E-state index is 12.3. The van der Waals surface area contributed by atoms with Crippen molar-refractivity contribution < 1.29 is 24.2 Å². The van der Waals surface area contributed by atoms with Gasteiger partial charge in [-0.3, -0.25) is 5.32 Å². The van der Waals surface area contributed by atoms with Crippen LogP contribution in [0, 0.1) is 0 Å². The number of carbonyl (C=O) groups is 2. The van der Waals surface area contributed by atoms with Crippen molar-refractivity contribution in [1.82, 2.24) is 5.32 Å². The molecule has 0 saturated heterocycles. The predicted octanol–water partition coefficient (Wildman–Crippen LogP) is 2.65. The Kier molecular flexibility index (Phi) is 7.10. The fourth-order valence-electron chi connectivity index (χ4n) is 2.11. The number of benzene rings is 1. The fraction of sp³-hybridized carbons (Fsp3) is 0.529. The molecule has 7 heteroatoms. The second-order valence-electron chi connectivity index (χ2n) is 6.09. The van der Waals surface area contributed by atoms with Crippen LogP contribution >= 0.6 is 11.8 Å². The average molecular weight is 355 g/mol. The van der Waals surface area contributed by atoms with Gasteiger partial charge >= 0.3 is 12.1 Å². The summed E-state index contributed by atoms with van der Waals surface area (Å²) in [7, 11) is 0. The molecule has 0 aliphatic rings. The number of alkyl carbamates (subject to hydrolysis) is 1. The number of rotatable bonds is 6. The lowest BCUT2D eigenvalue weighted by atomic mass is 10.0. The standard InChI is InChI=1S/C17H25NO5S/c1-6-22-14(20)13(19)17(24-5,12-10-8-7-9-11-12)18-15(21)23-16(2,3)4/h7-11,13,19H,6H2,1-5H3,(H,18,21)/t13-,17-/m1/s1. The van der Waals surface area contributed by atoms with Crippen LogP contribution in [-0.2, 0) is 19.1 Å². The highest BCUT2D eigenvalue weighted by Gasteiger charge is 2.46. The third kappa shape index (κ3) is 5.14. The predicted molar refractivity (Wildman–Crippen MR) is 93.6 cm³/mol. The molecule has 1 rings (SSSR count). The third-order valence-corrected chi connectivity index (χ3v) is 4.31. The van der Waals surface area contributed by atoms with Crippen LogP contribution in [0.1, 0.15) is 33.3 Å². The lowest BCUT2D eigenvalue weighted by Gasteiger charge is -2.36. The van der Waals surface area contributed by atoms with Gasteiger partial charge in [0.25, 0.3) is 0 Å². The lowest BCUT2D eigenvalue weighted by Crippen LogP contribution is -2.55. The van der Waals surface area contributed by atoms with Gasteiger partial charge in [0, 0.05) is 0 Å². The summed E-state index contributed by atoms with van der Waals surface area (Å²) >= 11 is 1.12. The zero-order valence-corrected chi connectivity index (χ0v) is 15.5. The number of aliphatic hydroxyl groups excluding tert-OH is 1. The third-order valence-electron chi connectivity index (χ3n) is 3.11. The largest absolute Gasteiger partial charge is 0.464 e. The van der Waals surface area contributed by atoms with E-state index in [9.17, 15) is 14.7 Å². The van der Waals surface area contributed by atoms with Gasteiger partial charge in [0.2, 0.25) is 0 Å². The van der Waals surface area contributed by atoms with Crippen LogP contribution in [0.25, 0.3) is 0 Å². The molecule has 24 heavy (non-hydrogen) atoms. The second-order valence-corrected chi connectivity index (χ2v) is 7.14. The van der Waals surface area contributed by atoms with Gasteiger partial charge in [0.15, 0.2) is 11.0 Å².